The number of benzene rings is 2. The van der Waals surface area contributed by atoms with Gasteiger partial charge in [0.25, 0.3) is 11.1 Å². The summed E-state index contributed by atoms with van der Waals surface area (Å²) in [7, 11) is 1.58. The van der Waals surface area contributed by atoms with Crippen LogP contribution in [0.2, 0.25) is 0 Å². The molecule has 1 fully saturated rings. The average molecular weight is 461 g/mol. The maximum absolute atomic E-state index is 12.5. The first-order valence-electron chi connectivity index (χ1n) is 8.42. The van der Waals surface area contributed by atoms with Crippen molar-refractivity contribution < 1.29 is 19.1 Å². The number of hydrogen-bond acceptors (Lipinski definition) is 5. The fourth-order valence-corrected chi connectivity index (χ4v) is 3.78. The van der Waals surface area contributed by atoms with Crippen molar-refractivity contribution in [2.75, 3.05) is 19.0 Å². The summed E-state index contributed by atoms with van der Waals surface area (Å²) in [6, 6.07) is 14.4. The molecule has 1 N–H and O–H groups in total. The number of para-hydroxylation sites is 1. The summed E-state index contributed by atoms with van der Waals surface area (Å²) in [4.78, 5) is 38.3. The predicted octanol–water partition coefficient (Wildman–Crippen LogP) is 4.52. The van der Waals surface area contributed by atoms with E-state index in [1.54, 1.807) is 49.6 Å². The zero-order chi connectivity index (χ0) is 20.1. The number of nitrogens with zero attached hydrogens (tertiary/aromatic N) is 1. The molecule has 1 heterocycles. The van der Waals surface area contributed by atoms with Crippen LogP contribution in [-0.4, -0.2) is 35.6 Å². The number of carbonyl (C=O) groups is 3. The van der Waals surface area contributed by atoms with E-state index in [1.165, 1.54) is 0 Å². The van der Waals surface area contributed by atoms with Gasteiger partial charge in [-0.25, -0.2) is 0 Å². The van der Waals surface area contributed by atoms with E-state index in [-0.39, 0.29) is 30.0 Å². The van der Waals surface area contributed by atoms with Crippen molar-refractivity contribution in [2.24, 2.45) is 0 Å². The molecule has 1 saturated heterocycles. The maximum Gasteiger partial charge on any atom is 0.293 e. The zero-order valence-corrected chi connectivity index (χ0v) is 17.4. The smallest absolute Gasteiger partial charge is 0.293 e. The molecule has 0 unspecified atom stereocenters. The van der Waals surface area contributed by atoms with Gasteiger partial charge in [-0.15, -0.1) is 0 Å². The van der Waals surface area contributed by atoms with Crippen LogP contribution in [0.25, 0.3) is 6.08 Å². The van der Waals surface area contributed by atoms with Crippen LogP contribution >= 0.6 is 27.7 Å². The Labute approximate surface area is 175 Å². The second-order valence-electron chi connectivity index (χ2n) is 5.88. The molecule has 1 aliphatic rings. The summed E-state index contributed by atoms with van der Waals surface area (Å²) in [6.45, 7) is 0.0287. The van der Waals surface area contributed by atoms with Crippen molar-refractivity contribution in [2.45, 2.75) is 6.42 Å². The average Bonchev–Trinajstić information content (AvgIpc) is 2.95. The molecule has 0 saturated carbocycles. The molecule has 0 atom stereocenters. The summed E-state index contributed by atoms with van der Waals surface area (Å²) in [5.41, 5.74) is 1.43. The minimum absolute atomic E-state index is 0.0230. The van der Waals surface area contributed by atoms with Crippen LogP contribution in [-0.2, 0) is 9.59 Å². The first kappa shape index (κ1) is 20.2. The second-order valence-corrected chi connectivity index (χ2v) is 7.73. The second kappa shape index (κ2) is 9.07. The van der Waals surface area contributed by atoms with Crippen molar-refractivity contribution in [3.05, 3.63) is 63.5 Å². The topological polar surface area (TPSA) is 75.7 Å². The molecule has 0 bridgehead atoms. The number of anilines is 1. The summed E-state index contributed by atoms with van der Waals surface area (Å²) < 4.78 is 5.86. The van der Waals surface area contributed by atoms with E-state index in [1.807, 2.05) is 12.1 Å². The van der Waals surface area contributed by atoms with Gasteiger partial charge in [0, 0.05) is 17.4 Å². The lowest BCUT2D eigenvalue weighted by molar-refractivity contribution is -0.123. The van der Waals surface area contributed by atoms with Gasteiger partial charge in [0.2, 0.25) is 5.91 Å². The van der Waals surface area contributed by atoms with Crippen molar-refractivity contribution in [3.8, 4) is 5.75 Å². The summed E-state index contributed by atoms with van der Waals surface area (Å²) in [5, 5.41) is 2.38. The largest absolute Gasteiger partial charge is 0.497 e. The van der Waals surface area contributed by atoms with Gasteiger partial charge < -0.3 is 10.1 Å². The van der Waals surface area contributed by atoms with Crippen LogP contribution in [0.5, 0.6) is 5.75 Å². The lowest BCUT2D eigenvalue weighted by atomic mass is 10.2. The van der Waals surface area contributed by atoms with Gasteiger partial charge in [0.15, 0.2) is 0 Å². The minimum Gasteiger partial charge on any atom is -0.497 e. The highest BCUT2D eigenvalue weighted by molar-refractivity contribution is 9.10. The quantitative estimate of drug-likeness (QED) is 0.641. The SMILES string of the molecule is COc1ccc(C=C2SC(=O)N(CCC(=O)Nc3ccccc3Br)C2=O)cc1. The molecule has 1 aliphatic heterocycles. The summed E-state index contributed by atoms with van der Waals surface area (Å²) in [6.07, 6.45) is 1.68. The van der Waals surface area contributed by atoms with Crippen LogP contribution in [0.15, 0.2) is 57.9 Å². The van der Waals surface area contributed by atoms with E-state index >= 15 is 0 Å². The van der Waals surface area contributed by atoms with Gasteiger partial charge in [-0.2, -0.15) is 0 Å². The van der Waals surface area contributed by atoms with Crippen LogP contribution in [0.3, 0.4) is 0 Å². The number of imide groups is 1. The highest BCUT2D eigenvalue weighted by atomic mass is 79.9. The third-order valence-electron chi connectivity index (χ3n) is 4.00. The molecule has 0 radical (unpaired) electrons. The fourth-order valence-electron chi connectivity index (χ4n) is 2.53. The Balaban J connectivity index is 1.61. The van der Waals surface area contributed by atoms with E-state index in [0.717, 1.165) is 26.7 Å². The summed E-state index contributed by atoms with van der Waals surface area (Å²) in [5.74, 6) is 0.0471. The van der Waals surface area contributed by atoms with E-state index in [2.05, 4.69) is 21.2 Å². The maximum atomic E-state index is 12.5. The van der Waals surface area contributed by atoms with Gasteiger partial charge in [0.1, 0.15) is 5.75 Å². The molecule has 6 nitrogen and oxygen atoms in total. The van der Waals surface area contributed by atoms with E-state index in [0.29, 0.717) is 16.3 Å². The first-order chi connectivity index (χ1) is 13.5. The molecule has 3 amide bonds. The fraction of sp³-hybridized carbons (Fsp3) is 0.150. The number of methoxy groups -OCH3 is 1. The molecule has 2 aromatic carbocycles. The predicted molar refractivity (Wildman–Crippen MR) is 113 cm³/mol. The van der Waals surface area contributed by atoms with Gasteiger partial charge >= 0.3 is 0 Å². The highest BCUT2D eigenvalue weighted by Gasteiger charge is 2.35. The van der Waals surface area contributed by atoms with Crippen LogP contribution in [0.1, 0.15) is 12.0 Å². The summed E-state index contributed by atoms with van der Waals surface area (Å²) >= 11 is 4.23. The zero-order valence-electron chi connectivity index (χ0n) is 15.0. The van der Waals surface area contributed by atoms with Gasteiger partial charge in [-0.1, -0.05) is 24.3 Å². The Bertz CT molecular complexity index is 943. The molecular weight excluding hydrogens is 444 g/mol. The van der Waals surface area contributed by atoms with Crippen molar-refractivity contribution in [3.63, 3.8) is 0 Å². The van der Waals surface area contributed by atoms with E-state index in [4.69, 9.17) is 4.74 Å². The molecule has 0 aliphatic carbocycles. The number of nitrogens with one attached hydrogen (secondary N) is 1. The molecular formula is C20H17BrN2O4S. The number of rotatable bonds is 6. The van der Waals surface area contributed by atoms with E-state index in [9.17, 15) is 14.4 Å². The number of carbonyl (C=O) groups excluding carboxylic acids is 3. The van der Waals surface area contributed by atoms with Crippen LogP contribution in [0, 0.1) is 0 Å². The Morgan fingerprint density at radius 1 is 1.18 bits per heavy atom. The monoisotopic (exact) mass is 460 g/mol. The van der Waals surface area contributed by atoms with Crippen molar-refractivity contribution >= 4 is 56.5 Å². The number of hydrogen-bond donors (Lipinski definition) is 1. The molecule has 0 spiro atoms. The molecule has 28 heavy (non-hydrogen) atoms. The third-order valence-corrected chi connectivity index (χ3v) is 5.60. The molecule has 144 valence electrons. The van der Waals surface area contributed by atoms with Gasteiger partial charge in [-0.05, 0) is 63.6 Å². The van der Waals surface area contributed by atoms with Gasteiger partial charge in [-0.3, -0.25) is 19.3 Å². The number of ether oxygens (including phenoxy) is 1. The first-order valence-corrected chi connectivity index (χ1v) is 10.0. The van der Waals surface area contributed by atoms with Crippen LogP contribution in [0.4, 0.5) is 10.5 Å². The van der Waals surface area contributed by atoms with Gasteiger partial charge in [0.05, 0.1) is 17.7 Å². The third kappa shape index (κ3) is 4.82. The Morgan fingerprint density at radius 3 is 2.57 bits per heavy atom. The molecule has 3 rings (SSSR count). The Hall–Kier alpha value is -2.58. The molecule has 0 aromatic heterocycles. The molecule has 8 heteroatoms. The van der Waals surface area contributed by atoms with Crippen molar-refractivity contribution in [1.29, 1.82) is 0 Å². The molecule has 2 aromatic rings. The van der Waals surface area contributed by atoms with Crippen LogP contribution < -0.4 is 10.1 Å². The normalized spacial score (nSPS) is 15.2. The Morgan fingerprint density at radius 2 is 1.89 bits per heavy atom. The van der Waals surface area contributed by atoms with E-state index < -0.39 is 0 Å². The number of amides is 3. The number of halogens is 1. The minimum atomic E-state index is -0.389. The lowest BCUT2D eigenvalue weighted by Crippen LogP contribution is -2.31. The van der Waals surface area contributed by atoms with Crippen molar-refractivity contribution in [1.82, 2.24) is 4.90 Å². The highest BCUT2D eigenvalue weighted by Crippen LogP contribution is 2.32. The standard InChI is InChI=1S/C20H17BrN2O4S/c1-27-14-8-6-13(7-9-14)12-17-19(25)23(20(26)28-17)11-10-18(24)22-16-5-3-2-4-15(16)21/h2-9,12H,10-11H2,1H3,(H,22,24). The number of thioether (sulfide) groups is 1. The Kier molecular flexibility index (Phi) is 6.53. The lowest BCUT2D eigenvalue weighted by Gasteiger charge is -2.12.